The van der Waals surface area contributed by atoms with E-state index in [0.717, 1.165) is 36.4 Å². The molecule has 0 spiro atoms. The fourth-order valence-corrected chi connectivity index (χ4v) is 4.02. The van der Waals surface area contributed by atoms with Gasteiger partial charge in [-0.3, -0.25) is 4.79 Å². The number of hydrogen-bond donors (Lipinski definition) is 2. The van der Waals surface area contributed by atoms with Crippen molar-refractivity contribution < 1.29 is 4.79 Å². The second kappa shape index (κ2) is 6.04. The maximum Gasteiger partial charge on any atom is 0.251 e. The number of anilines is 1. The number of carbonyl (C=O) groups excluding carboxylic acids is 1. The van der Waals surface area contributed by atoms with E-state index in [1.807, 2.05) is 26.0 Å². The van der Waals surface area contributed by atoms with Crippen LogP contribution >= 0.6 is 0 Å². The minimum Gasteiger partial charge on any atom is -0.370 e. The number of nitrogens with zero attached hydrogens (tertiary/aromatic N) is 1. The largest absolute Gasteiger partial charge is 0.370 e. The summed E-state index contributed by atoms with van der Waals surface area (Å²) in [5, 5.41) is 6.30. The Hall–Kier alpha value is -1.58. The molecule has 0 aliphatic heterocycles. The Morgan fingerprint density at radius 2 is 2.19 bits per heavy atom. The third-order valence-corrected chi connectivity index (χ3v) is 4.98. The summed E-state index contributed by atoms with van der Waals surface area (Å²) in [6.07, 6.45) is 5.47. The van der Waals surface area contributed by atoms with Crippen molar-refractivity contribution in [1.29, 1.82) is 0 Å². The zero-order valence-corrected chi connectivity index (χ0v) is 13.0. The van der Waals surface area contributed by atoms with Gasteiger partial charge in [0.05, 0.1) is 0 Å². The SMILES string of the molecule is CCNc1cc(C(=O)NCC2CC3CCC2C3)cc(C)n1. The fraction of sp³-hybridized carbons (Fsp3) is 0.647. The quantitative estimate of drug-likeness (QED) is 0.875. The second-order valence-corrected chi connectivity index (χ2v) is 6.56. The zero-order valence-electron chi connectivity index (χ0n) is 13.0. The first-order valence-electron chi connectivity index (χ1n) is 8.16. The van der Waals surface area contributed by atoms with Crippen LogP contribution in [0, 0.1) is 24.7 Å². The van der Waals surface area contributed by atoms with E-state index in [2.05, 4.69) is 15.6 Å². The molecule has 2 N–H and O–H groups in total. The topological polar surface area (TPSA) is 54.0 Å². The average Bonchev–Trinajstić information content (AvgIpc) is 3.07. The first-order chi connectivity index (χ1) is 10.2. The normalized spacial score (nSPS) is 26.9. The molecule has 2 fully saturated rings. The Balaban J connectivity index is 1.60. The van der Waals surface area contributed by atoms with Crippen LogP contribution < -0.4 is 10.6 Å². The van der Waals surface area contributed by atoms with Crippen molar-refractivity contribution in [3.8, 4) is 0 Å². The first-order valence-corrected chi connectivity index (χ1v) is 8.16. The van der Waals surface area contributed by atoms with Gasteiger partial charge in [0.15, 0.2) is 0 Å². The Labute approximate surface area is 126 Å². The summed E-state index contributed by atoms with van der Waals surface area (Å²) in [5.74, 6) is 3.29. The standard InChI is InChI=1S/C17H25N3O/c1-3-18-16-9-14(6-11(2)20-16)17(21)19-10-15-8-12-4-5-13(15)7-12/h6,9,12-13,15H,3-5,7-8,10H2,1-2H3,(H,18,20)(H,19,21). The number of aromatic nitrogens is 1. The maximum atomic E-state index is 12.3. The number of rotatable bonds is 5. The van der Waals surface area contributed by atoms with Crippen molar-refractivity contribution in [2.75, 3.05) is 18.4 Å². The smallest absolute Gasteiger partial charge is 0.251 e. The molecule has 1 heterocycles. The fourth-order valence-electron chi connectivity index (χ4n) is 4.02. The van der Waals surface area contributed by atoms with E-state index in [4.69, 9.17) is 0 Å². The van der Waals surface area contributed by atoms with Crippen LogP contribution in [0.25, 0.3) is 0 Å². The number of amides is 1. The van der Waals surface area contributed by atoms with Gasteiger partial charge in [-0.15, -0.1) is 0 Å². The lowest BCUT2D eigenvalue weighted by atomic mass is 9.89. The van der Waals surface area contributed by atoms with Crippen LogP contribution in [0.4, 0.5) is 5.82 Å². The first kappa shape index (κ1) is 14.4. The van der Waals surface area contributed by atoms with Crippen molar-refractivity contribution in [2.45, 2.75) is 39.5 Å². The van der Waals surface area contributed by atoms with Gasteiger partial charge >= 0.3 is 0 Å². The number of hydrogen-bond acceptors (Lipinski definition) is 3. The molecule has 4 heteroatoms. The number of carbonyl (C=O) groups is 1. The minimum atomic E-state index is 0.0300. The van der Waals surface area contributed by atoms with Gasteiger partial charge in [0.1, 0.15) is 5.82 Å². The average molecular weight is 287 g/mol. The minimum absolute atomic E-state index is 0.0300. The molecule has 3 rings (SSSR count). The summed E-state index contributed by atoms with van der Waals surface area (Å²) in [6, 6.07) is 3.70. The van der Waals surface area contributed by atoms with Gasteiger partial charge in [0.25, 0.3) is 5.91 Å². The van der Waals surface area contributed by atoms with Gasteiger partial charge in [-0.2, -0.15) is 0 Å². The predicted octanol–water partition coefficient (Wildman–Crippen LogP) is 2.99. The lowest BCUT2D eigenvalue weighted by Crippen LogP contribution is -2.31. The monoisotopic (exact) mass is 287 g/mol. The molecular weight excluding hydrogens is 262 g/mol. The number of fused-ring (bicyclic) bond motifs is 2. The van der Waals surface area contributed by atoms with Crippen molar-refractivity contribution >= 4 is 11.7 Å². The Morgan fingerprint density at radius 3 is 2.86 bits per heavy atom. The molecule has 1 amide bonds. The molecule has 1 aromatic rings. The van der Waals surface area contributed by atoms with Crippen LogP contribution in [-0.2, 0) is 0 Å². The van der Waals surface area contributed by atoms with E-state index >= 15 is 0 Å². The summed E-state index contributed by atoms with van der Waals surface area (Å²) < 4.78 is 0. The molecule has 114 valence electrons. The van der Waals surface area contributed by atoms with Crippen LogP contribution in [0.1, 0.15) is 48.7 Å². The third-order valence-electron chi connectivity index (χ3n) is 4.98. The van der Waals surface area contributed by atoms with Crippen LogP contribution in [0.2, 0.25) is 0 Å². The van der Waals surface area contributed by atoms with E-state index in [0.29, 0.717) is 11.5 Å². The van der Waals surface area contributed by atoms with Gasteiger partial charge in [-0.05, 0) is 63.0 Å². The molecule has 2 saturated carbocycles. The highest BCUT2D eigenvalue weighted by Gasteiger charge is 2.39. The molecule has 0 radical (unpaired) electrons. The number of aryl methyl sites for hydroxylation is 1. The summed E-state index contributed by atoms with van der Waals surface area (Å²) in [6.45, 7) is 5.59. The predicted molar refractivity (Wildman–Crippen MR) is 84.4 cm³/mol. The van der Waals surface area contributed by atoms with Gasteiger partial charge in [-0.25, -0.2) is 4.98 Å². The summed E-state index contributed by atoms with van der Waals surface area (Å²) in [7, 11) is 0. The van der Waals surface area contributed by atoms with E-state index in [9.17, 15) is 4.79 Å². The third kappa shape index (κ3) is 3.20. The molecule has 0 aromatic carbocycles. The molecule has 2 bridgehead atoms. The lowest BCUT2D eigenvalue weighted by molar-refractivity contribution is 0.0941. The molecule has 3 unspecified atom stereocenters. The summed E-state index contributed by atoms with van der Waals surface area (Å²) in [5.41, 5.74) is 1.58. The Kier molecular flexibility index (Phi) is 4.13. The zero-order chi connectivity index (χ0) is 14.8. The Morgan fingerprint density at radius 1 is 1.33 bits per heavy atom. The van der Waals surface area contributed by atoms with Gasteiger partial charge in [-0.1, -0.05) is 6.42 Å². The van der Waals surface area contributed by atoms with Crippen molar-refractivity contribution in [1.82, 2.24) is 10.3 Å². The van der Waals surface area contributed by atoms with Crippen LogP contribution in [0.5, 0.6) is 0 Å². The molecule has 0 saturated heterocycles. The number of pyridine rings is 1. The highest BCUT2D eigenvalue weighted by molar-refractivity contribution is 5.95. The van der Waals surface area contributed by atoms with E-state index in [1.165, 1.54) is 25.7 Å². The summed E-state index contributed by atoms with van der Waals surface area (Å²) >= 11 is 0. The van der Waals surface area contributed by atoms with E-state index in [1.54, 1.807) is 0 Å². The Bertz CT molecular complexity index is 529. The lowest BCUT2D eigenvalue weighted by Gasteiger charge is -2.21. The molecule has 4 nitrogen and oxygen atoms in total. The highest BCUT2D eigenvalue weighted by atomic mass is 16.1. The van der Waals surface area contributed by atoms with E-state index in [-0.39, 0.29) is 5.91 Å². The molecule has 2 aliphatic rings. The summed E-state index contributed by atoms with van der Waals surface area (Å²) in [4.78, 5) is 16.7. The molecule has 1 aromatic heterocycles. The van der Waals surface area contributed by atoms with Crippen molar-refractivity contribution in [3.05, 3.63) is 23.4 Å². The second-order valence-electron chi connectivity index (χ2n) is 6.56. The molecule has 21 heavy (non-hydrogen) atoms. The van der Waals surface area contributed by atoms with Crippen LogP contribution in [0.15, 0.2) is 12.1 Å². The van der Waals surface area contributed by atoms with Gasteiger partial charge in [0, 0.05) is 24.3 Å². The van der Waals surface area contributed by atoms with Crippen molar-refractivity contribution in [3.63, 3.8) is 0 Å². The highest BCUT2D eigenvalue weighted by Crippen LogP contribution is 2.47. The van der Waals surface area contributed by atoms with E-state index < -0.39 is 0 Å². The van der Waals surface area contributed by atoms with Gasteiger partial charge in [0.2, 0.25) is 0 Å². The molecule has 2 aliphatic carbocycles. The maximum absolute atomic E-state index is 12.3. The molecule has 3 atom stereocenters. The van der Waals surface area contributed by atoms with Crippen LogP contribution in [0.3, 0.4) is 0 Å². The van der Waals surface area contributed by atoms with Gasteiger partial charge < -0.3 is 10.6 Å². The van der Waals surface area contributed by atoms with Crippen molar-refractivity contribution in [2.24, 2.45) is 17.8 Å². The molecular formula is C17H25N3O. The van der Waals surface area contributed by atoms with Crippen LogP contribution in [-0.4, -0.2) is 24.0 Å². The number of nitrogens with one attached hydrogen (secondary N) is 2.